The molecule has 0 aliphatic rings. The van der Waals surface area contributed by atoms with Gasteiger partial charge in [-0.3, -0.25) is 13.9 Å². The fourth-order valence-corrected chi connectivity index (χ4v) is 5.86. The lowest BCUT2D eigenvalue weighted by molar-refractivity contribution is -0.141. The SMILES string of the molecule is CC[C@H](C(=O)NC(C)(C)C)N(Cc1ccccc1C)C(=O)CN(c1cccc(C(F)(F)F)c1)S(=O)(=O)c1ccccc1. The number of rotatable bonds is 10. The molecule has 0 radical (unpaired) electrons. The molecule has 0 unspecified atom stereocenters. The van der Waals surface area contributed by atoms with Crippen molar-refractivity contribution in [2.24, 2.45) is 0 Å². The van der Waals surface area contributed by atoms with E-state index in [2.05, 4.69) is 5.32 Å². The van der Waals surface area contributed by atoms with Crippen LogP contribution in [-0.2, 0) is 32.3 Å². The molecule has 7 nitrogen and oxygen atoms in total. The van der Waals surface area contributed by atoms with Crippen LogP contribution in [0.15, 0.2) is 83.8 Å². The van der Waals surface area contributed by atoms with Crippen molar-refractivity contribution in [3.63, 3.8) is 0 Å². The molecule has 3 aromatic carbocycles. The Balaban J connectivity index is 2.13. The van der Waals surface area contributed by atoms with E-state index in [-0.39, 0.29) is 23.5 Å². The van der Waals surface area contributed by atoms with Crippen LogP contribution in [0.2, 0.25) is 0 Å². The lowest BCUT2D eigenvalue weighted by atomic mass is 10.0. The van der Waals surface area contributed by atoms with E-state index in [0.29, 0.717) is 10.4 Å². The Hall–Kier alpha value is -3.86. The third kappa shape index (κ3) is 8.12. The van der Waals surface area contributed by atoms with Crippen LogP contribution >= 0.6 is 0 Å². The zero-order valence-electron chi connectivity index (χ0n) is 24.3. The van der Waals surface area contributed by atoms with E-state index in [1.54, 1.807) is 45.9 Å². The van der Waals surface area contributed by atoms with E-state index in [1.165, 1.54) is 35.2 Å². The van der Waals surface area contributed by atoms with Crippen molar-refractivity contribution in [1.82, 2.24) is 10.2 Å². The molecule has 0 saturated carbocycles. The van der Waals surface area contributed by atoms with Crippen molar-refractivity contribution in [2.75, 3.05) is 10.8 Å². The van der Waals surface area contributed by atoms with Gasteiger partial charge >= 0.3 is 6.18 Å². The minimum absolute atomic E-state index is 0.0105. The molecule has 0 heterocycles. The summed E-state index contributed by atoms with van der Waals surface area (Å²) in [6.45, 7) is 8.14. The van der Waals surface area contributed by atoms with Gasteiger partial charge in [0.1, 0.15) is 12.6 Å². The number of sulfonamides is 1. The van der Waals surface area contributed by atoms with E-state index in [9.17, 15) is 31.2 Å². The first kappa shape index (κ1) is 32.7. The fraction of sp³-hybridized carbons (Fsp3) is 0.355. The highest BCUT2D eigenvalue weighted by atomic mass is 32.2. The Bertz CT molecular complexity index is 1500. The molecule has 0 fully saturated rings. The van der Waals surface area contributed by atoms with E-state index in [1.807, 2.05) is 19.1 Å². The van der Waals surface area contributed by atoms with Crippen LogP contribution in [0.1, 0.15) is 50.8 Å². The van der Waals surface area contributed by atoms with Gasteiger partial charge in [0.15, 0.2) is 0 Å². The number of halogens is 3. The van der Waals surface area contributed by atoms with Crippen LogP contribution in [0.4, 0.5) is 18.9 Å². The smallest absolute Gasteiger partial charge is 0.350 e. The number of carbonyl (C=O) groups is 2. The average Bonchev–Trinajstić information content (AvgIpc) is 2.91. The Kier molecular flexibility index (Phi) is 10.1. The van der Waals surface area contributed by atoms with Crippen LogP contribution in [0, 0.1) is 6.92 Å². The van der Waals surface area contributed by atoms with Crippen molar-refractivity contribution in [2.45, 2.75) is 70.2 Å². The molecule has 3 aromatic rings. The zero-order chi connectivity index (χ0) is 31.3. The van der Waals surface area contributed by atoms with E-state index in [0.717, 1.165) is 23.3 Å². The fourth-order valence-electron chi connectivity index (χ4n) is 4.43. The van der Waals surface area contributed by atoms with Crippen LogP contribution in [0.3, 0.4) is 0 Å². The normalized spacial score (nSPS) is 12.9. The second-order valence-electron chi connectivity index (χ2n) is 11.0. The monoisotopic (exact) mass is 603 g/mol. The van der Waals surface area contributed by atoms with Gasteiger partial charge in [-0.15, -0.1) is 0 Å². The predicted molar refractivity (Wildman–Crippen MR) is 156 cm³/mol. The molecule has 11 heteroatoms. The molecule has 226 valence electrons. The highest BCUT2D eigenvalue weighted by Crippen LogP contribution is 2.33. The number of nitrogens with one attached hydrogen (secondary N) is 1. The number of anilines is 1. The number of amides is 2. The standard InChI is InChI=1S/C31H36F3N3O4S/c1-6-27(29(39)35-30(3,4)5)36(20-23-14-11-10-13-22(23)2)28(38)21-37(42(40,41)26-17-8-7-9-18-26)25-16-12-15-24(19-25)31(32,33)34/h7-19,27H,6,20-21H2,1-5H3,(H,35,39)/t27-/m1/s1. The van der Waals surface area contributed by atoms with Crippen molar-refractivity contribution in [1.29, 1.82) is 0 Å². The summed E-state index contributed by atoms with van der Waals surface area (Å²) in [5.74, 6) is -1.17. The first-order valence-electron chi connectivity index (χ1n) is 13.5. The van der Waals surface area contributed by atoms with Gasteiger partial charge in [-0.25, -0.2) is 8.42 Å². The lowest BCUT2D eigenvalue weighted by Gasteiger charge is -2.35. The molecule has 0 aliphatic heterocycles. The summed E-state index contributed by atoms with van der Waals surface area (Å²) in [4.78, 5) is 28.6. The quantitative estimate of drug-likeness (QED) is 0.311. The number of carbonyl (C=O) groups excluding carboxylic acids is 2. The maximum atomic E-state index is 14.1. The maximum Gasteiger partial charge on any atom is 0.416 e. The lowest BCUT2D eigenvalue weighted by Crippen LogP contribution is -2.55. The zero-order valence-corrected chi connectivity index (χ0v) is 25.1. The van der Waals surface area contributed by atoms with Crippen molar-refractivity contribution in [3.8, 4) is 0 Å². The number of hydrogen-bond donors (Lipinski definition) is 1. The van der Waals surface area contributed by atoms with Gasteiger partial charge in [0.2, 0.25) is 11.8 Å². The van der Waals surface area contributed by atoms with E-state index in [4.69, 9.17) is 0 Å². The van der Waals surface area contributed by atoms with Gasteiger partial charge in [0.25, 0.3) is 10.0 Å². The molecule has 0 aliphatic carbocycles. The molecular formula is C31H36F3N3O4S. The highest BCUT2D eigenvalue weighted by Gasteiger charge is 2.36. The van der Waals surface area contributed by atoms with Crippen molar-refractivity contribution < 1.29 is 31.2 Å². The number of hydrogen-bond acceptors (Lipinski definition) is 4. The van der Waals surface area contributed by atoms with Crippen LogP contribution in [0.5, 0.6) is 0 Å². The van der Waals surface area contributed by atoms with Crippen molar-refractivity contribution >= 4 is 27.5 Å². The summed E-state index contributed by atoms with van der Waals surface area (Å²) in [6.07, 6.45) is -4.52. The molecule has 2 amide bonds. The third-order valence-electron chi connectivity index (χ3n) is 6.56. The second kappa shape index (κ2) is 13.0. The van der Waals surface area contributed by atoms with Crippen LogP contribution in [0.25, 0.3) is 0 Å². The topological polar surface area (TPSA) is 86.8 Å². The summed E-state index contributed by atoms with van der Waals surface area (Å²) in [5, 5.41) is 2.88. The Morgan fingerprint density at radius 2 is 1.52 bits per heavy atom. The summed E-state index contributed by atoms with van der Waals surface area (Å²) in [7, 11) is -4.49. The minimum atomic E-state index is -4.74. The first-order chi connectivity index (χ1) is 19.5. The van der Waals surface area contributed by atoms with Gasteiger partial charge in [-0.05, 0) is 75.6 Å². The largest absolute Gasteiger partial charge is 0.416 e. The molecule has 3 rings (SSSR count). The van der Waals surface area contributed by atoms with Gasteiger partial charge in [-0.2, -0.15) is 13.2 Å². The number of alkyl halides is 3. The van der Waals surface area contributed by atoms with E-state index < -0.39 is 51.7 Å². The molecule has 42 heavy (non-hydrogen) atoms. The molecule has 1 atom stereocenters. The van der Waals surface area contributed by atoms with Gasteiger partial charge in [-0.1, -0.05) is 55.5 Å². The van der Waals surface area contributed by atoms with Crippen molar-refractivity contribution in [3.05, 3.63) is 95.6 Å². The molecule has 0 bridgehead atoms. The van der Waals surface area contributed by atoms with Crippen LogP contribution < -0.4 is 9.62 Å². The average molecular weight is 604 g/mol. The second-order valence-corrected chi connectivity index (χ2v) is 12.8. The van der Waals surface area contributed by atoms with Gasteiger partial charge < -0.3 is 10.2 Å². The van der Waals surface area contributed by atoms with Gasteiger partial charge in [0.05, 0.1) is 16.1 Å². The third-order valence-corrected chi connectivity index (χ3v) is 8.35. The number of benzene rings is 3. The predicted octanol–water partition coefficient (Wildman–Crippen LogP) is 5.93. The molecular weight excluding hydrogens is 567 g/mol. The molecule has 0 aromatic heterocycles. The summed E-state index contributed by atoms with van der Waals surface area (Å²) in [5.41, 5.74) is -0.404. The molecule has 0 spiro atoms. The molecule has 0 saturated heterocycles. The number of nitrogens with zero attached hydrogens (tertiary/aromatic N) is 2. The Labute approximate surface area is 245 Å². The Morgan fingerprint density at radius 3 is 2.10 bits per heavy atom. The highest BCUT2D eigenvalue weighted by molar-refractivity contribution is 7.92. The Morgan fingerprint density at radius 1 is 0.905 bits per heavy atom. The molecule has 1 N–H and O–H groups in total. The number of aryl methyl sites for hydroxylation is 1. The van der Waals surface area contributed by atoms with Gasteiger partial charge in [0, 0.05) is 12.1 Å². The summed E-state index contributed by atoms with van der Waals surface area (Å²) in [6, 6.07) is 17.3. The minimum Gasteiger partial charge on any atom is -0.350 e. The van der Waals surface area contributed by atoms with E-state index >= 15 is 0 Å². The van der Waals surface area contributed by atoms with Crippen LogP contribution in [-0.4, -0.2) is 43.3 Å². The first-order valence-corrected chi connectivity index (χ1v) is 14.9. The summed E-state index contributed by atoms with van der Waals surface area (Å²) >= 11 is 0. The summed E-state index contributed by atoms with van der Waals surface area (Å²) < 4.78 is 69.1. The maximum absolute atomic E-state index is 14.1.